The van der Waals surface area contributed by atoms with E-state index in [1.165, 1.54) is 29.3 Å². The molecule has 0 radical (unpaired) electrons. The van der Waals surface area contributed by atoms with Crippen molar-refractivity contribution in [3.8, 4) is 11.1 Å². The molecule has 4 rings (SSSR count). The number of nitrogens with zero attached hydrogens (tertiary/aromatic N) is 2. The van der Waals surface area contributed by atoms with E-state index in [1.807, 2.05) is 31.4 Å². The van der Waals surface area contributed by atoms with E-state index in [4.69, 9.17) is 0 Å². The number of hydrogen-bond acceptors (Lipinski definition) is 4. The van der Waals surface area contributed by atoms with Gasteiger partial charge in [-0.1, -0.05) is 29.8 Å². The van der Waals surface area contributed by atoms with Gasteiger partial charge in [-0.15, -0.1) is 11.3 Å². The summed E-state index contributed by atoms with van der Waals surface area (Å²) in [6.45, 7) is 4.07. The lowest BCUT2D eigenvalue weighted by molar-refractivity contribution is -0.137. The van der Waals surface area contributed by atoms with E-state index in [0.717, 1.165) is 39.0 Å². The Morgan fingerprint density at radius 1 is 0.964 bits per heavy atom. The molecule has 2 aromatic carbocycles. The number of anilines is 2. The third-order valence-electron chi connectivity index (χ3n) is 4.49. The summed E-state index contributed by atoms with van der Waals surface area (Å²) in [4.78, 5) is 9.40. The zero-order valence-corrected chi connectivity index (χ0v) is 15.9. The normalized spacial score (nSPS) is 11.8. The van der Waals surface area contributed by atoms with E-state index in [-0.39, 0.29) is 0 Å². The van der Waals surface area contributed by atoms with Crippen molar-refractivity contribution < 1.29 is 13.2 Å². The molecule has 28 heavy (non-hydrogen) atoms. The summed E-state index contributed by atoms with van der Waals surface area (Å²) < 4.78 is 39.1. The van der Waals surface area contributed by atoms with Crippen molar-refractivity contribution in [2.45, 2.75) is 20.0 Å². The predicted molar refractivity (Wildman–Crippen MR) is 107 cm³/mol. The van der Waals surface area contributed by atoms with Crippen LogP contribution in [0.3, 0.4) is 0 Å². The van der Waals surface area contributed by atoms with Crippen molar-refractivity contribution in [3.63, 3.8) is 0 Å². The van der Waals surface area contributed by atoms with Crippen LogP contribution in [0.4, 0.5) is 24.7 Å². The van der Waals surface area contributed by atoms with Crippen LogP contribution in [0.5, 0.6) is 0 Å². The van der Waals surface area contributed by atoms with Gasteiger partial charge in [-0.3, -0.25) is 0 Å². The van der Waals surface area contributed by atoms with Crippen LogP contribution in [0.25, 0.3) is 21.3 Å². The third-order valence-corrected chi connectivity index (χ3v) is 5.38. The highest BCUT2D eigenvalue weighted by Gasteiger charge is 2.30. The second-order valence-electron chi connectivity index (χ2n) is 6.57. The minimum Gasteiger partial charge on any atom is -0.340 e. The van der Waals surface area contributed by atoms with Gasteiger partial charge in [0.25, 0.3) is 0 Å². The number of nitrogens with one attached hydrogen (secondary N) is 1. The summed E-state index contributed by atoms with van der Waals surface area (Å²) in [6.07, 6.45) is -2.98. The van der Waals surface area contributed by atoms with E-state index in [2.05, 4.69) is 21.4 Å². The van der Waals surface area contributed by atoms with E-state index < -0.39 is 11.7 Å². The Labute approximate surface area is 163 Å². The van der Waals surface area contributed by atoms with E-state index in [1.54, 1.807) is 6.07 Å². The van der Waals surface area contributed by atoms with Gasteiger partial charge in [0.2, 0.25) is 0 Å². The lowest BCUT2D eigenvalue weighted by Gasteiger charge is -2.12. The highest BCUT2D eigenvalue weighted by molar-refractivity contribution is 7.17. The van der Waals surface area contributed by atoms with Gasteiger partial charge in [0.1, 0.15) is 17.0 Å². The van der Waals surface area contributed by atoms with Crippen molar-refractivity contribution in [2.24, 2.45) is 0 Å². The van der Waals surface area contributed by atoms with Gasteiger partial charge in [-0.25, -0.2) is 9.97 Å². The Balaban J connectivity index is 1.82. The number of aryl methyl sites for hydroxylation is 2. The number of thiophene rings is 1. The maximum atomic E-state index is 13.0. The molecule has 4 aromatic rings. The zero-order chi connectivity index (χ0) is 19.9. The van der Waals surface area contributed by atoms with Crippen LogP contribution in [-0.4, -0.2) is 9.97 Å². The third kappa shape index (κ3) is 3.45. The molecule has 142 valence electrons. The van der Waals surface area contributed by atoms with Crippen LogP contribution < -0.4 is 5.32 Å². The highest BCUT2D eigenvalue weighted by atomic mass is 32.1. The molecule has 0 fully saturated rings. The number of aromatic nitrogens is 2. The fourth-order valence-corrected chi connectivity index (χ4v) is 4.10. The van der Waals surface area contributed by atoms with Gasteiger partial charge in [-0.05, 0) is 43.2 Å². The van der Waals surface area contributed by atoms with Gasteiger partial charge in [0, 0.05) is 16.6 Å². The second kappa shape index (κ2) is 6.91. The first-order chi connectivity index (χ1) is 13.3. The van der Waals surface area contributed by atoms with Crippen LogP contribution in [0.1, 0.15) is 16.7 Å². The molecule has 2 aromatic heterocycles. The van der Waals surface area contributed by atoms with Crippen molar-refractivity contribution in [1.82, 2.24) is 9.97 Å². The molecule has 0 aliphatic heterocycles. The molecule has 1 N–H and O–H groups in total. The van der Waals surface area contributed by atoms with Crippen LogP contribution in [0, 0.1) is 13.8 Å². The van der Waals surface area contributed by atoms with E-state index in [9.17, 15) is 13.2 Å². The Morgan fingerprint density at radius 3 is 2.54 bits per heavy atom. The molecule has 0 aliphatic rings. The number of rotatable bonds is 3. The molecule has 0 saturated heterocycles. The first-order valence-electron chi connectivity index (χ1n) is 8.57. The van der Waals surface area contributed by atoms with E-state index >= 15 is 0 Å². The Bertz CT molecular complexity index is 1170. The molecule has 0 aliphatic carbocycles. The van der Waals surface area contributed by atoms with Crippen LogP contribution in [0.2, 0.25) is 0 Å². The number of hydrogen-bond donors (Lipinski definition) is 1. The first kappa shape index (κ1) is 18.4. The van der Waals surface area contributed by atoms with Gasteiger partial charge in [0.15, 0.2) is 0 Å². The van der Waals surface area contributed by atoms with Crippen molar-refractivity contribution >= 4 is 33.1 Å². The average Bonchev–Trinajstić information content (AvgIpc) is 3.06. The lowest BCUT2D eigenvalue weighted by atomic mass is 9.99. The minimum atomic E-state index is -4.40. The SMILES string of the molecule is Cc1ccc(-c2csc3ncnc(Nc4cccc(C(F)(F)F)c4)c23)c(C)c1. The fraction of sp³-hybridized carbons (Fsp3) is 0.143. The summed E-state index contributed by atoms with van der Waals surface area (Å²) in [7, 11) is 0. The molecule has 7 heteroatoms. The maximum absolute atomic E-state index is 13.0. The number of halogens is 3. The molecule has 0 bridgehead atoms. The first-order valence-corrected chi connectivity index (χ1v) is 9.45. The molecular weight excluding hydrogens is 383 g/mol. The molecule has 0 unspecified atom stereocenters. The molecule has 0 amide bonds. The Morgan fingerprint density at radius 2 is 1.79 bits per heavy atom. The quantitative estimate of drug-likeness (QED) is 0.415. The standard InChI is InChI=1S/C21H16F3N3S/c1-12-6-7-16(13(2)8-12)17-10-28-20-18(17)19(25-11-26-20)27-15-5-3-4-14(9-15)21(22,23)24/h3-11H,1-2H3,(H,25,26,27). The van der Waals surface area contributed by atoms with E-state index in [0.29, 0.717) is 11.5 Å². The molecule has 0 atom stereocenters. The summed E-state index contributed by atoms with van der Waals surface area (Å²) in [5.74, 6) is 0.487. The smallest absolute Gasteiger partial charge is 0.340 e. The van der Waals surface area contributed by atoms with Gasteiger partial charge in [-0.2, -0.15) is 13.2 Å². The van der Waals surface area contributed by atoms with Gasteiger partial charge < -0.3 is 5.32 Å². The minimum absolute atomic E-state index is 0.326. The fourth-order valence-electron chi connectivity index (χ4n) is 3.19. The van der Waals surface area contributed by atoms with Gasteiger partial charge >= 0.3 is 6.18 Å². The summed E-state index contributed by atoms with van der Waals surface area (Å²) in [5, 5.41) is 5.85. The van der Waals surface area contributed by atoms with Crippen LogP contribution >= 0.6 is 11.3 Å². The summed E-state index contributed by atoms with van der Waals surface area (Å²) in [5.41, 5.74) is 3.93. The average molecular weight is 399 g/mol. The lowest BCUT2D eigenvalue weighted by Crippen LogP contribution is -2.05. The summed E-state index contributed by atoms with van der Waals surface area (Å²) in [6, 6.07) is 11.3. The highest BCUT2D eigenvalue weighted by Crippen LogP contribution is 2.39. The number of alkyl halides is 3. The summed E-state index contributed by atoms with van der Waals surface area (Å²) >= 11 is 1.48. The molecule has 0 spiro atoms. The van der Waals surface area contributed by atoms with Crippen LogP contribution in [-0.2, 0) is 6.18 Å². The van der Waals surface area contributed by atoms with Crippen molar-refractivity contribution in [3.05, 3.63) is 70.9 Å². The topological polar surface area (TPSA) is 37.8 Å². The van der Waals surface area contributed by atoms with Gasteiger partial charge in [0.05, 0.1) is 10.9 Å². The van der Waals surface area contributed by atoms with Crippen molar-refractivity contribution in [2.75, 3.05) is 5.32 Å². The number of fused-ring (bicyclic) bond motifs is 1. The largest absolute Gasteiger partial charge is 0.416 e. The van der Waals surface area contributed by atoms with Crippen molar-refractivity contribution in [1.29, 1.82) is 0 Å². The monoisotopic (exact) mass is 399 g/mol. The maximum Gasteiger partial charge on any atom is 0.416 e. The Kier molecular flexibility index (Phi) is 4.55. The molecule has 2 heterocycles. The van der Waals surface area contributed by atoms with Crippen LogP contribution in [0.15, 0.2) is 54.2 Å². The molecule has 0 saturated carbocycles. The predicted octanol–water partition coefficient (Wildman–Crippen LogP) is 6.74. The second-order valence-corrected chi connectivity index (χ2v) is 7.43. The number of benzene rings is 2. The Hall–Kier alpha value is -2.93. The zero-order valence-electron chi connectivity index (χ0n) is 15.1. The molecular formula is C21H16F3N3S. The molecule has 3 nitrogen and oxygen atoms in total.